The standard InChI is InChI=1S/C17H26N2O3S/c1-4-14(3)15-6-8-16(9-7-15)17(20)18-10-12-19(13-11-18)23(21,22)5-2/h6-9,14H,4-5,10-13H2,1-3H3. The van der Waals surface area contributed by atoms with Crippen LogP contribution in [0.4, 0.5) is 0 Å². The van der Waals surface area contributed by atoms with Gasteiger partial charge in [0.05, 0.1) is 5.75 Å². The van der Waals surface area contributed by atoms with Crippen LogP contribution >= 0.6 is 0 Å². The first-order valence-electron chi connectivity index (χ1n) is 8.26. The molecule has 1 heterocycles. The fourth-order valence-electron chi connectivity index (χ4n) is 2.72. The highest BCUT2D eigenvalue weighted by atomic mass is 32.2. The summed E-state index contributed by atoms with van der Waals surface area (Å²) in [5, 5.41) is 0. The highest BCUT2D eigenvalue weighted by molar-refractivity contribution is 7.89. The Morgan fingerprint density at radius 3 is 2.13 bits per heavy atom. The number of hydrogen-bond donors (Lipinski definition) is 0. The second-order valence-electron chi connectivity index (χ2n) is 6.02. The molecule has 128 valence electrons. The van der Waals surface area contributed by atoms with Crippen LogP contribution in [-0.2, 0) is 10.0 Å². The van der Waals surface area contributed by atoms with Crippen molar-refractivity contribution < 1.29 is 13.2 Å². The van der Waals surface area contributed by atoms with Crippen LogP contribution in [0, 0.1) is 0 Å². The smallest absolute Gasteiger partial charge is 0.253 e. The van der Waals surface area contributed by atoms with Crippen molar-refractivity contribution in [2.75, 3.05) is 31.9 Å². The molecule has 23 heavy (non-hydrogen) atoms. The molecular weight excluding hydrogens is 312 g/mol. The van der Waals surface area contributed by atoms with E-state index in [4.69, 9.17) is 0 Å². The van der Waals surface area contributed by atoms with Crippen LogP contribution in [0.25, 0.3) is 0 Å². The molecule has 1 amide bonds. The molecule has 1 atom stereocenters. The molecule has 0 bridgehead atoms. The Labute approximate surface area is 139 Å². The molecule has 1 saturated heterocycles. The fourth-order valence-corrected chi connectivity index (χ4v) is 3.81. The lowest BCUT2D eigenvalue weighted by molar-refractivity contribution is 0.0698. The summed E-state index contributed by atoms with van der Waals surface area (Å²) in [5.41, 5.74) is 1.91. The van der Waals surface area contributed by atoms with E-state index in [9.17, 15) is 13.2 Å². The number of rotatable bonds is 5. The molecule has 0 spiro atoms. The third-order valence-corrected chi connectivity index (χ3v) is 6.50. The fraction of sp³-hybridized carbons (Fsp3) is 0.588. The number of carbonyl (C=O) groups excluding carboxylic acids is 1. The van der Waals surface area contributed by atoms with Gasteiger partial charge in [-0.1, -0.05) is 26.0 Å². The summed E-state index contributed by atoms with van der Waals surface area (Å²) in [6.07, 6.45) is 1.07. The summed E-state index contributed by atoms with van der Waals surface area (Å²) < 4.78 is 25.2. The maximum absolute atomic E-state index is 12.5. The van der Waals surface area contributed by atoms with Crippen LogP contribution < -0.4 is 0 Å². The average molecular weight is 338 g/mol. The van der Waals surface area contributed by atoms with Crippen LogP contribution in [0.5, 0.6) is 0 Å². The van der Waals surface area contributed by atoms with Crippen LogP contribution in [0.3, 0.4) is 0 Å². The van der Waals surface area contributed by atoms with Crippen LogP contribution in [0.2, 0.25) is 0 Å². The third kappa shape index (κ3) is 4.12. The lowest BCUT2D eigenvalue weighted by atomic mass is 9.97. The van der Waals surface area contributed by atoms with E-state index < -0.39 is 10.0 Å². The molecule has 2 rings (SSSR count). The number of piperazine rings is 1. The molecule has 5 nitrogen and oxygen atoms in total. The van der Waals surface area contributed by atoms with Gasteiger partial charge in [0.2, 0.25) is 10.0 Å². The van der Waals surface area contributed by atoms with Crippen molar-refractivity contribution >= 4 is 15.9 Å². The van der Waals surface area contributed by atoms with E-state index in [0.29, 0.717) is 37.7 Å². The van der Waals surface area contributed by atoms with Crippen molar-refractivity contribution in [2.45, 2.75) is 33.1 Å². The van der Waals surface area contributed by atoms with E-state index in [1.807, 2.05) is 24.3 Å². The monoisotopic (exact) mass is 338 g/mol. The largest absolute Gasteiger partial charge is 0.336 e. The van der Waals surface area contributed by atoms with Gasteiger partial charge in [0.25, 0.3) is 5.91 Å². The average Bonchev–Trinajstić information content (AvgIpc) is 2.60. The number of nitrogens with zero attached hydrogens (tertiary/aromatic N) is 2. The Balaban J connectivity index is 2.00. The molecule has 0 aliphatic carbocycles. The SMILES string of the molecule is CCC(C)c1ccc(C(=O)N2CCN(S(=O)(=O)CC)CC2)cc1. The van der Waals surface area contributed by atoms with E-state index in [1.165, 1.54) is 9.87 Å². The zero-order chi connectivity index (χ0) is 17.0. The number of benzene rings is 1. The Kier molecular flexibility index (Phi) is 5.81. The van der Waals surface area contributed by atoms with Gasteiger partial charge in [0.1, 0.15) is 0 Å². The number of sulfonamides is 1. The molecule has 1 unspecified atom stereocenters. The summed E-state index contributed by atoms with van der Waals surface area (Å²) in [6, 6.07) is 7.77. The Morgan fingerprint density at radius 2 is 1.65 bits per heavy atom. The minimum absolute atomic E-state index is 0.0192. The summed E-state index contributed by atoms with van der Waals surface area (Å²) in [5.74, 6) is 0.578. The second-order valence-corrected chi connectivity index (χ2v) is 8.28. The molecule has 0 saturated carbocycles. The summed E-state index contributed by atoms with van der Waals surface area (Å²) in [4.78, 5) is 14.3. The first-order valence-corrected chi connectivity index (χ1v) is 9.87. The molecule has 1 aliphatic rings. The van der Waals surface area contributed by atoms with Crippen molar-refractivity contribution in [3.8, 4) is 0 Å². The molecule has 6 heteroatoms. The van der Waals surface area contributed by atoms with Gasteiger partial charge in [-0.2, -0.15) is 4.31 Å². The Hall–Kier alpha value is -1.40. The van der Waals surface area contributed by atoms with E-state index in [-0.39, 0.29) is 11.7 Å². The molecular formula is C17H26N2O3S. The van der Waals surface area contributed by atoms with Crippen molar-refractivity contribution in [1.82, 2.24) is 9.21 Å². The van der Waals surface area contributed by atoms with Gasteiger partial charge in [0.15, 0.2) is 0 Å². The predicted molar refractivity (Wildman–Crippen MR) is 92.1 cm³/mol. The van der Waals surface area contributed by atoms with Crippen molar-refractivity contribution in [3.63, 3.8) is 0 Å². The normalized spacial score (nSPS) is 18.0. The van der Waals surface area contributed by atoms with Gasteiger partial charge in [-0.15, -0.1) is 0 Å². The first-order chi connectivity index (χ1) is 10.9. The Morgan fingerprint density at radius 1 is 1.09 bits per heavy atom. The highest BCUT2D eigenvalue weighted by Gasteiger charge is 2.28. The zero-order valence-corrected chi connectivity index (χ0v) is 15.0. The van der Waals surface area contributed by atoms with Crippen LogP contribution in [0.1, 0.15) is 49.0 Å². The molecule has 0 aromatic heterocycles. The van der Waals surface area contributed by atoms with Crippen LogP contribution in [0.15, 0.2) is 24.3 Å². The molecule has 1 aromatic rings. The zero-order valence-electron chi connectivity index (χ0n) is 14.2. The highest BCUT2D eigenvalue weighted by Crippen LogP contribution is 2.20. The van der Waals surface area contributed by atoms with Crippen LogP contribution in [-0.4, -0.2) is 55.5 Å². The summed E-state index contributed by atoms with van der Waals surface area (Å²) in [6.45, 7) is 7.62. The van der Waals surface area contributed by atoms with Gasteiger partial charge >= 0.3 is 0 Å². The number of carbonyl (C=O) groups is 1. The minimum atomic E-state index is -3.16. The third-order valence-electron chi connectivity index (χ3n) is 4.62. The van der Waals surface area contributed by atoms with E-state index in [1.54, 1.807) is 11.8 Å². The summed E-state index contributed by atoms with van der Waals surface area (Å²) >= 11 is 0. The van der Waals surface area contributed by atoms with Gasteiger partial charge in [-0.3, -0.25) is 4.79 Å². The number of amides is 1. The van der Waals surface area contributed by atoms with Gasteiger partial charge in [-0.25, -0.2) is 8.42 Å². The van der Waals surface area contributed by atoms with E-state index in [0.717, 1.165) is 6.42 Å². The maximum atomic E-state index is 12.5. The molecule has 1 fully saturated rings. The predicted octanol–water partition coefficient (Wildman–Crippen LogP) is 2.31. The molecule has 0 N–H and O–H groups in total. The first kappa shape index (κ1) is 17.9. The van der Waals surface area contributed by atoms with E-state index in [2.05, 4.69) is 13.8 Å². The molecule has 0 radical (unpaired) electrons. The van der Waals surface area contributed by atoms with Gasteiger partial charge in [-0.05, 0) is 37.0 Å². The lowest BCUT2D eigenvalue weighted by Crippen LogP contribution is -2.50. The van der Waals surface area contributed by atoms with Crippen molar-refractivity contribution in [3.05, 3.63) is 35.4 Å². The van der Waals surface area contributed by atoms with Gasteiger partial charge in [0, 0.05) is 31.7 Å². The Bertz CT molecular complexity index is 632. The number of hydrogen-bond acceptors (Lipinski definition) is 3. The minimum Gasteiger partial charge on any atom is -0.336 e. The lowest BCUT2D eigenvalue weighted by Gasteiger charge is -2.33. The second kappa shape index (κ2) is 7.45. The molecule has 1 aromatic carbocycles. The van der Waals surface area contributed by atoms with Crippen molar-refractivity contribution in [1.29, 1.82) is 0 Å². The van der Waals surface area contributed by atoms with E-state index >= 15 is 0 Å². The quantitative estimate of drug-likeness (QED) is 0.828. The topological polar surface area (TPSA) is 57.7 Å². The van der Waals surface area contributed by atoms with Gasteiger partial charge < -0.3 is 4.90 Å². The maximum Gasteiger partial charge on any atom is 0.253 e. The summed E-state index contributed by atoms with van der Waals surface area (Å²) in [7, 11) is -3.16. The molecule has 1 aliphatic heterocycles. The van der Waals surface area contributed by atoms with Crippen molar-refractivity contribution in [2.24, 2.45) is 0 Å².